The Morgan fingerprint density at radius 2 is 2.10 bits per heavy atom. The molecule has 21 heavy (non-hydrogen) atoms. The van der Waals surface area contributed by atoms with Gasteiger partial charge < -0.3 is 10.2 Å². The molecular weight excluding hydrogens is 290 g/mol. The zero-order valence-electron chi connectivity index (χ0n) is 12.2. The Morgan fingerprint density at radius 1 is 1.29 bits per heavy atom. The van der Waals surface area contributed by atoms with E-state index >= 15 is 0 Å². The molecule has 0 radical (unpaired) electrons. The number of nitrogens with zero attached hydrogens (tertiary/aromatic N) is 8. The average Bonchev–Trinajstić information content (AvgIpc) is 3.19. The summed E-state index contributed by atoms with van der Waals surface area (Å²) < 4.78 is 1.84. The maximum atomic E-state index is 4.43. The second kappa shape index (κ2) is 5.80. The van der Waals surface area contributed by atoms with E-state index in [1.165, 1.54) is 11.8 Å². The molecule has 1 aliphatic rings. The first-order chi connectivity index (χ1) is 10.2. The highest BCUT2D eigenvalue weighted by molar-refractivity contribution is 7.99. The number of aromatic nitrogens is 7. The second-order valence-electron chi connectivity index (χ2n) is 4.91. The van der Waals surface area contributed by atoms with Crippen molar-refractivity contribution < 1.29 is 0 Å². The van der Waals surface area contributed by atoms with Gasteiger partial charge in [0, 0.05) is 20.6 Å². The number of tetrazole rings is 1. The van der Waals surface area contributed by atoms with Crippen molar-refractivity contribution in [2.24, 2.45) is 0 Å². The highest BCUT2D eigenvalue weighted by Crippen LogP contribution is 2.37. The molecule has 112 valence electrons. The molecule has 0 saturated heterocycles. The van der Waals surface area contributed by atoms with Gasteiger partial charge in [-0.2, -0.15) is 15.0 Å². The lowest BCUT2D eigenvalue weighted by molar-refractivity contribution is 0.565. The Labute approximate surface area is 126 Å². The maximum absolute atomic E-state index is 4.43. The normalized spacial score (nSPS) is 14.2. The fourth-order valence-electron chi connectivity index (χ4n) is 1.71. The van der Waals surface area contributed by atoms with Crippen molar-refractivity contribution in [1.82, 2.24) is 35.2 Å². The van der Waals surface area contributed by atoms with Gasteiger partial charge in [-0.15, -0.1) is 5.10 Å². The van der Waals surface area contributed by atoms with Crippen LogP contribution >= 0.6 is 11.8 Å². The molecule has 1 N–H and O–H groups in total. The van der Waals surface area contributed by atoms with Crippen molar-refractivity contribution >= 4 is 23.7 Å². The largest absolute Gasteiger partial charge is 0.354 e. The van der Waals surface area contributed by atoms with Crippen LogP contribution in [0.4, 0.5) is 11.9 Å². The molecule has 0 amide bonds. The summed E-state index contributed by atoms with van der Waals surface area (Å²) >= 11 is 1.36. The molecule has 0 atom stereocenters. The number of hydrogen-bond acceptors (Lipinski definition) is 9. The first-order valence-electron chi connectivity index (χ1n) is 6.80. The molecule has 3 rings (SSSR count). The summed E-state index contributed by atoms with van der Waals surface area (Å²) in [4.78, 5) is 15.0. The van der Waals surface area contributed by atoms with Crippen LogP contribution in [-0.2, 0) is 0 Å². The predicted molar refractivity (Wildman–Crippen MR) is 78.5 cm³/mol. The smallest absolute Gasteiger partial charge is 0.230 e. The van der Waals surface area contributed by atoms with Crippen LogP contribution in [-0.4, -0.2) is 55.8 Å². The van der Waals surface area contributed by atoms with E-state index in [-0.39, 0.29) is 0 Å². The molecule has 0 aliphatic heterocycles. The van der Waals surface area contributed by atoms with Crippen LogP contribution in [0.1, 0.15) is 25.8 Å². The van der Waals surface area contributed by atoms with Gasteiger partial charge in [-0.25, -0.2) is 4.68 Å². The van der Waals surface area contributed by atoms with Gasteiger partial charge >= 0.3 is 0 Å². The lowest BCUT2D eigenvalue weighted by atomic mass is 10.7. The van der Waals surface area contributed by atoms with Crippen LogP contribution in [0.2, 0.25) is 0 Å². The van der Waals surface area contributed by atoms with Gasteiger partial charge in [0.25, 0.3) is 0 Å². The van der Waals surface area contributed by atoms with Crippen molar-refractivity contribution in [3.05, 3.63) is 0 Å². The summed E-state index contributed by atoms with van der Waals surface area (Å²) in [5, 5.41) is 16.2. The molecule has 0 aromatic carbocycles. The van der Waals surface area contributed by atoms with E-state index in [1.54, 1.807) is 0 Å². The highest BCUT2D eigenvalue weighted by Gasteiger charge is 2.28. The summed E-state index contributed by atoms with van der Waals surface area (Å²) in [6.45, 7) is 2.75. The minimum Gasteiger partial charge on any atom is -0.354 e. The van der Waals surface area contributed by atoms with Crippen LogP contribution in [0.15, 0.2) is 10.3 Å². The number of nitrogens with one attached hydrogen (secondary N) is 1. The zero-order valence-corrected chi connectivity index (χ0v) is 13.0. The van der Waals surface area contributed by atoms with Gasteiger partial charge in [0.2, 0.25) is 22.2 Å². The summed E-state index contributed by atoms with van der Waals surface area (Å²) in [7, 11) is 3.79. The quantitative estimate of drug-likeness (QED) is 0.832. The first-order valence-corrected chi connectivity index (χ1v) is 7.62. The van der Waals surface area contributed by atoms with Gasteiger partial charge in [0.15, 0.2) is 0 Å². The zero-order chi connectivity index (χ0) is 14.8. The third-order valence-corrected chi connectivity index (χ3v) is 3.69. The molecule has 1 aliphatic carbocycles. The maximum Gasteiger partial charge on any atom is 0.230 e. The molecule has 0 spiro atoms. The number of anilines is 2. The Hall–Kier alpha value is -1.97. The monoisotopic (exact) mass is 307 g/mol. The topological polar surface area (TPSA) is 97.5 Å². The van der Waals surface area contributed by atoms with Crippen molar-refractivity contribution in [3.8, 4) is 0 Å². The molecule has 0 unspecified atom stereocenters. The van der Waals surface area contributed by atoms with E-state index in [1.807, 2.05) is 30.6 Å². The number of rotatable bonds is 6. The van der Waals surface area contributed by atoms with Crippen LogP contribution in [0.5, 0.6) is 0 Å². The van der Waals surface area contributed by atoms with Gasteiger partial charge in [0.05, 0.1) is 6.04 Å². The average molecular weight is 307 g/mol. The predicted octanol–water partition coefficient (Wildman–Crippen LogP) is 0.842. The molecule has 1 fully saturated rings. The summed E-state index contributed by atoms with van der Waals surface area (Å²) in [6, 6.07) is 0.422. The van der Waals surface area contributed by atoms with Gasteiger partial charge in [-0.1, -0.05) is 0 Å². The standard InChI is InChI=1S/C11H17N9S/c1-4-12-8-13-9(19(2)3)15-10(14-8)21-11-16-17-18-20(11)7-5-6-7/h7H,4-6H2,1-3H3,(H,12,13,14,15). The molecule has 1 saturated carbocycles. The summed E-state index contributed by atoms with van der Waals surface area (Å²) in [5.41, 5.74) is 0. The van der Waals surface area contributed by atoms with Crippen LogP contribution < -0.4 is 10.2 Å². The van der Waals surface area contributed by atoms with E-state index in [9.17, 15) is 0 Å². The van der Waals surface area contributed by atoms with Crippen LogP contribution in [0, 0.1) is 0 Å². The van der Waals surface area contributed by atoms with Crippen molar-refractivity contribution in [1.29, 1.82) is 0 Å². The van der Waals surface area contributed by atoms with E-state index in [4.69, 9.17) is 0 Å². The van der Waals surface area contributed by atoms with Gasteiger partial charge in [0.1, 0.15) is 0 Å². The molecular formula is C11H17N9S. The Morgan fingerprint density at radius 3 is 2.76 bits per heavy atom. The van der Waals surface area contributed by atoms with Gasteiger partial charge in [-0.05, 0) is 42.0 Å². The van der Waals surface area contributed by atoms with Crippen molar-refractivity contribution in [3.63, 3.8) is 0 Å². The third-order valence-electron chi connectivity index (χ3n) is 2.88. The van der Waals surface area contributed by atoms with Crippen molar-refractivity contribution in [2.75, 3.05) is 30.9 Å². The molecule has 9 nitrogen and oxygen atoms in total. The van der Waals surface area contributed by atoms with E-state index in [0.29, 0.717) is 23.1 Å². The van der Waals surface area contributed by atoms with Crippen molar-refractivity contribution in [2.45, 2.75) is 36.1 Å². The minimum atomic E-state index is 0.422. The Bertz CT molecular complexity index is 622. The van der Waals surface area contributed by atoms with Crippen LogP contribution in [0.3, 0.4) is 0 Å². The SMILES string of the molecule is CCNc1nc(Sc2nnnn2C2CC2)nc(N(C)C)n1. The fraction of sp³-hybridized carbons (Fsp3) is 0.636. The molecule has 2 aromatic rings. The Balaban J connectivity index is 1.87. The lowest BCUT2D eigenvalue weighted by Gasteiger charge is -2.12. The fourth-order valence-corrected chi connectivity index (χ4v) is 2.49. The molecule has 2 heterocycles. The van der Waals surface area contributed by atoms with E-state index < -0.39 is 0 Å². The van der Waals surface area contributed by atoms with E-state index in [0.717, 1.165) is 24.5 Å². The third kappa shape index (κ3) is 3.20. The first kappa shape index (κ1) is 14.0. The lowest BCUT2D eigenvalue weighted by Crippen LogP contribution is -2.15. The minimum absolute atomic E-state index is 0.422. The molecule has 10 heteroatoms. The summed E-state index contributed by atoms with van der Waals surface area (Å²) in [5.74, 6) is 1.16. The van der Waals surface area contributed by atoms with E-state index in [2.05, 4.69) is 35.8 Å². The molecule has 2 aromatic heterocycles. The van der Waals surface area contributed by atoms with Crippen LogP contribution in [0.25, 0.3) is 0 Å². The Kier molecular flexibility index (Phi) is 3.86. The number of hydrogen-bond donors (Lipinski definition) is 1. The van der Waals surface area contributed by atoms with Gasteiger partial charge in [-0.3, -0.25) is 0 Å². The molecule has 0 bridgehead atoms. The highest BCUT2D eigenvalue weighted by atomic mass is 32.2. The summed E-state index contributed by atoms with van der Waals surface area (Å²) in [6.07, 6.45) is 2.25. The second-order valence-corrected chi connectivity index (χ2v) is 5.84.